The number of nitrogens with zero attached hydrogens (tertiary/aromatic N) is 2. The number of hydrogen-bond donors (Lipinski definition) is 0. The molecule has 3 nitrogen and oxygen atoms in total. The smallest absolute Gasteiger partial charge is 0.289 e. The molecule has 1 aromatic carbocycles. The van der Waals surface area contributed by atoms with Gasteiger partial charge in [-0.15, -0.1) is 11.3 Å². The van der Waals surface area contributed by atoms with Crippen LogP contribution in [0, 0.1) is 11.6 Å². The van der Waals surface area contributed by atoms with Gasteiger partial charge in [-0.1, -0.05) is 11.3 Å². The third-order valence-electron chi connectivity index (χ3n) is 2.99. The first kappa shape index (κ1) is 15.5. The summed E-state index contributed by atoms with van der Waals surface area (Å²) in [6.07, 6.45) is 0. The van der Waals surface area contributed by atoms with Gasteiger partial charge in [0.05, 0.1) is 18.9 Å². The monoisotopic (exact) mass is 402 g/mol. The summed E-state index contributed by atoms with van der Waals surface area (Å²) in [6, 6.07) is 5.52. The third kappa shape index (κ3) is 2.78. The number of rotatable bonds is 2. The van der Waals surface area contributed by atoms with Gasteiger partial charge >= 0.3 is 0 Å². The van der Waals surface area contributed by atoms with Crippen LogP contribution in [0.25, 0.3) is 10.2 Å². The van der Waals surface area contributed by atoms with Crippen molar-refractivity contribution in [2.24, 2.45) is 4.99 Å². The van der Waals surface area contributed by atoms with Gasteiger partial charge in [0, 0.05) is 12.6 Å². The first-order valence-electron chi connectivity index (χ1n) is 6.32. The first-order chi connectivity index (χ1) is 10.5. The molecule has 2 aromatic heterocycles. The van der Waals surface area contributed by atoms with E-state index < -0.39 is 17.5 Å². The van der Waals surface area contributed by atoms with E-state index in [0.717, 1.165) is 21.2 Å². The number of carbonyl (C=O) groups is 1. The van der Waals surface area contributed by atoms with Crippen molar-refractivity contribution in [1.29, 1.82) is 0 Å². The number of thiazole rings is 1. The number of halogens is 3. The minimum atomic E-state index is -0.652. The summed E-state index contributed by atoms with van der Waals surface area (Å²) in [5, 5.41) is 0. The molecule has 0 radical (unpaired) electrons. The summed E-state index contributed by atoms with van der Waals surface area (Å²) in [5.74, 6) is -1.69. The van der Waals surface area contributed by atoms with Gasteiger partial charge in [0.15, 0.2) is 10.6 Å². The van der Waals surface area contributed by atoms with Crippen molar-refractivity contribution in [3.8, 4) is 0 Å². The predicted molar refractivity (Wildman–Crippen MR) is 87.3 cm³/mol. The number of amides is 1. The quantitative estimate of drug-likeness (QED) is 0.618. The van der Waals surface area contributed by atoms with E-state index in [9.17, 15) is 13.6 Å². The lowest BCUT2D eigenvalue weighted by Gasteiger charge is -2.01. The van der Waals surface area contributed by atoms with E-state index in [1.54, 1.807) is 16.7 Å². The van der Waals surface area contributed by atoms with Crippen molar-refractivity contribution in [2.75, 3.05) is 0 Å². The summed E-state index contributed by atoms with van der Waals surface area (Å²) in [6.45, 7) is 2.25. The maximum atomic E-state index is 14.0. The topological polar surface area (TPSA) is 34.4 Å². The standard InChI is InChI=1S/C14H9BrF2N2OS2/c1-2-19-12-8(17)5-7(16)6-10(12)22-14(19)18-13(20)9-3-4-11(15)21-9/h3-6H,2H2,1H3. The van der Waals surface area contributed by atoms with Gasteiger partial charge in [0.25, 0.3) is 5.91 Å². The Morgan fingerprint density at radius 1 is 1.32 bits per heavy atom. The number of aryl methyl sites for hydroxylation is 1. The lowest BCUT2D eigenvalue weighted by Crippen LogP contribution is -2.16. The van der Waals surface area contributed by atoms with E-state index in [1.807, 2.05) is 6.92 Å². The Labute approximate surface area is 140 Å². The molecule has 3 aromatic rings. The van der Waals surface area contributed by atoms with E-state index in [0.29, 0.717) is 20.9 Å². The molecule has 0 aliphatic heterocycles. The Bertz CT molecular complexity index is 942. The average molecular weight is 403 g/mol. The molecule has 0 fully saturated rings. The lowest BCUT2D eigenvalue weighted by molar-refractivity contribution is 0.100. The van der Waals surface area contributed by atoms with Crippen LogP contribution in [-0.4, -0.2) is 10.5 Å². The Morgan fingerprint density at radius 3 is 2.73 bits per heavy atom. The van der Waals surface area contributed by atoms with Crippen LogP contribution in [0.1, 0.15) is 16.6 Å². The Hall–Kier alpha value is -1.38. The van der Waals surface area contributed by atoms with Gasteiger partial charge in [-0.05, 0) is 41.1 Å². The first-order valence-corrected chi connectivity index (χ1v) is 8.75. The van der Waals surface area contributed by atoms with Crippen molar-refractivity contribution in [2.45, 2.75) is 13.5 Å². The van der Waals surface area contributed by atoms with Crippen LogP contribution in [0.5, 0.6) is 0 Å². The van der Waals surface area contributed by atoms with Crippen molar-refractivity contribution in [3.63, 3.8) is 0 Å². The highest BCUT2D eigenvalue weighted by Gasteiger charge is 2.14. The summed E-state index contributed by atoms with van der Waals surface area (Å²) in [7, 11) is 0. The highest BCUT2D eigenvalue weighted by molar-refractivity contribution is 9.11. The zero-order chi connectivity index (χ0) is 15.9. The van der Waals surface area contributed by atoms with Gasteiger partial charge in [0.2, 0.25) is 0 Å². The molecule has 0 aliphatic rings. The summed E-state index contributed by atoms with van der Waals surface area (Å²) >= 11 is 5.66. The molecule has 0 saturated carbocycles. The fourth-order valence-corrected chi connectivity index (χ4v) is 4.48. The van der Waals surface area contributed by atoms with Crippen molar-refractivity contribution in [3.05, 3.63) is 49.4 Å². The Morgan fingerprint density at radius 2 is 2.09 bits per heavy atom. The van der Waals surface area contributed by atoms with Crippen LogP contribution >= 0.6 is 38.6 Å². The molecule has 22 heavy (non-hydrogen) atoms. The molecule has 114 valence electrons. The molecule has 8 heteroatoms. The summed E-state index contributed by atoms with van der Waals surface area (Å²) in [4.78, 5) is 17.1. The van der Waals surface area contributed by atoms with Gasteiger partial charge < -0.3 is 4.57 Å². The highest BCUT2D eigenvalue weighted by Crippen LogP contribution is 2.24. The largest absolute Gasteiger partial charge is 0.314 e. The van der Waals surface area contributed by atoms with Crippen LogP contribution in [0.15, 0.2) is 33.0 Å². The fraction of sp³-hybridized carbons (Fsp3) is 0.143. The fourth-order valence-electron chi connectivity index (χ4n) is 2.08. The molecule has 0 atom stereocenters. The third-order valence-corrected chi connectivity index (χ3v) is 5.63. The van der Waals surface area contributed by atoms with Gasteiger partial charge in [-0.25, -0.2) is 8.78 Å². The molecule has 0 unspecified atom stereocenters. The minimum absolute atomic E-state index is 0.271. The summed E-state index contributed by atoms with van der Waals surface area (Å²) in [5.41, 5.74) is 0.271. The number of benzene rings is 1. The molecule has 0 aliphatic carbocycles. The molecule has 3 rings (SSSR count). The Kier molecular flexibility index (Phi) is 4.24. The zero-order valence-corrected chi connectivity index (χ0v) is 14.5. The van der Waals surface area contributed by atoms with Gasteiger partial charge in [-0.2, -0.15) is 4.99 Å². The second kappa shape index (κ2) is 6.02. The molecular formula is C14H9BrF2N2OS2. The predicted octanol–water partition coefficient (Wildman–Crippen LogP) is 4.57. The molecule has 1 amide bonds. The van der Waals surface area contributed by atoms with E-state index >= 15 is 0 Å². The molecule has 2 heterocycles. The number of carbonyl (C=O) groups excluding carboxylic acids is 1. The van der Waals surface area contributed by atoms with E-state index in [2.05, 4.69) is 20.9 Å². The summed E-state index contributed by atoms with van der Waals surface area (Å²) < 4.78 is 30.2. The number of aromatic nitrogens is 1. The molecule has 0 spiro atoms. The molecular weight excluding hydrogens is 394 g/mol. The maximum absolute atomic E-state index is 14.0. The molecule has 0 bridgehead atoms. The van der Waals surface area contributed by atoms with E-state index in [4.69, 9.17) is 0 Å². The van der Waals surface area contributed by atoms with E-state index in [1.165, 1.54) is 17.4 Å². The lowest BCUT2D eigenvalue weighted by atomic mass is 10.3. The van der Waals surface area contributed by atoms with Crippen molar-refractivity contribution >= 4 is 54.7 Å². The SMILES string of the molecule is CCn1c(=NC(=O)c2ccc(Br)s2)sc2cc(F)cc(F)c21. The van der Waals surface area contributed by atoms with Crippen LogP contribution < -0.4 is 4.80 Å². The van der Waals surface area contributed by atoms with Crippen LogP contribution in [0.3, 0.4) is 0 Å². The van der Waals surface area contributed by atoms with Crippen molar-refractivity contribution in [1.82, 2.24) is 4.57 Å². The van der Waals surface area contributed by atoms with Crippen LogP contribution in [-0.2, 0) is 6.54 Å². The van der Waals surface area contributed by atoms with Gasteiger partial charge in [0.1, 0.15) is 5.82 Å². The van der Waals surface area contributed by atoms with Crippen molar-refractivity contribution < 1.29 is 13.6 Å². The normalized spacial score (nSPS) is 12.3. The number of hydrogen-bond acceptors (Lipinski definition) is 3. The van der Waals surface area contributed by atoms with E-state index in [-0.39, 0.29) is 5.52 Å². The molecule has 0 saturated heterocycles. The maximum Gasteiger partial charge on any atom is 0.289 e. The second-order valence-corrected chi connectivity index (χ2v) is 7.86. The number of fused-ring (bicyclic) bond motifs is 1. The number of thiophene rings is 1. The molecule has 0 N–H and O–H groups in total. The van der Waals surface area contributed by atoms with Crippen LogP contribution in [0.4, 0.5) is 8.78 Å². The van der Waals surface area contributed by atoms with Gasteiger partial charge in [-0.3, -0.25) is 4.79 Å². The second-order valence-electron chi connectivity index (χ2n) is 4.38. The Balaban J connectivity index is 2.20. The highest BCUT2D eigenvalue weighted by atomic mass is 79.9. The van der Waals surface area contributed by atoms with Crippen LogP contribution in [0.2, 0.25) is 0 Å². The zero-order valence-electron chi connectivity index (χ0n) is 11.3. The average Bonchev–Trinajstić information content (AvgIpc) is 3.02. The minimum Gasteiger partial charge on any atom is -0.314 e.